The maximum atomic E-state index is 2.44. The Morgan fingerprint density at radius 2 is 1.90 bits per heavy atom. The first-order valence-electron chi connectivity index (χ1n) is 4.55. The summed E-state index contributed by atoms with van der Waals surface area (Å²) in [6, 6.07) is 0. The third-order valence-corrected chi connectivity index (χ3v) is 3.96. The Bertz CT molecular complexity index is 126. The van der Waals surface area contributed by atoms with Crippen LogP contribution in [0, 0.1) is 23.2 Å². The second-order valence-corrected chi connectivity index (χ2v) is 4.32. The molecule has 0 aromatic rings. The van der Waals surface area contributed by atoms with Gasteiger partial charge in [-0.15, -0.1) is 0 Å². The van der Waals surface area contributed by atoms with Crippen molar-refractivity contribution in [3.8, 4) is 0 Å². The minimum absolute atomic E-state index is 0.675. The van der Waals surface area contributed by atoms with Gasteiger partial charge in [0.1, 0.15) is 0 Å². The minimum Gasteiger partial charge on any atom is -0.0651 e. The molecule has 0 heteroatoms. The van der Waals surface area contributed by atoms with Gasteiger partial charge in [0, 0.05) is 0 Å². The molecule has 10 heavy (non-hydrogen) atoms. The van der Waals surface area contributed by atoms with E-state index < -0.39 is 0 Å². The fraction of sp³-hybridized carbons (Fsp3) is 1.00. The Labute approximate surface area is 65.0 Å². The highest BCUT2D eigenvalue weighted by Crippen LogP contribution is 2.63. The van der Waals surface area contributed by atoms with E-state index >= 15 is 0 Å². The summed E-state index contributed by atoms with van der Waals surface area (Å²) in [5, 5.41) is 0. The predicted molar refractivity (Wildman–Crippen MR) is 45.9 cm³/mol. The minimum atomic E-state index is 0.675. The van der Waals surface area contributed by atoms with Crippen molar-refractivity contribution in [2.24, 2.45) is 23.2 Å². The molecule has 0 spiro atoms. The van der Waals surface area contributed by atoms with Crippen LogP contribution in [0.25, 0.3) is 0 Å². The number of rotatable bonds is 2. The van der Waals surface area contributed by atoms with E-state index in [1.807, 2.05) is 0 Å². The number of hydrogen-bond donors (Lipinski definition) is 0. The molecule has 0 saturated heterocycles. The van der Waals surface area contributed by atoms with Crippen LogP contribution in [0.4, 0.5) is 0 Å². The van der Waals surface area contributed by atoms with Crippen LogP contribution >= 0.6 is 0 Å². The van der Waals surface area contributed by atoms with Gasteiger partial charge in [0.2, 0.25) is 0 Å². The lowest BCUT2D eigenvalue weighted by atomic mass is 9.90. The second-order valence-electron chi connectivity index (χ2n) is 4.32. The third-order valence-electron chi connectivity index (χ3n) is 3.96. The maximum absolute atomic E-state index is 2.44. The van der Waals surface area contributed by atoms with E-state index in [1.54, 1.807) is 0 Å². The van der Waals surface area contributed by atoms with Crippen LogP contribution in [-0.4, -0.2) is 0 Å². The summed E-state index contributed by atoms with van der Waals surface area (Å²) in [5.41, 5.74) is 0.675. The molecule has 1 saturated carbocycles. The van der Waals surface area contributed by atoms with Gasteiger partial charge in [-0.1, -0.05) is 41.0 Å². The van der Waals surface area contributed by atoms with E-state index in [-0.39, 0.29) is 0 Å². The van der Waals surface area contributed by atoms with Crippen molar-refractivity contribution in [3.05, 3.63) is 0 Å². The lowest BCUT2D eigenvalue weighted by Crippen LogP contribution is -2.08. The van der Waals surface area contributed by atoms with Gasteiger partial charge >= 0.3 is 0 Å². The van der Waals surface area contributed by atoms with E-state index in [4.69, 9.17) is 0 Å². The number of hydrogen-bond acceptors (Lipinski definition) is 0. The standard InChI is InChI=1S/C10H20/c1-6-9-8(4)10(9,5)7(2)3/h7-9H,6H2,1-5H3. The summed E-state index contributed by atoms with van der Waals surface area (Å²) in [4.78, 5) is 0. The molecule has 1 aliphatic carbocycles. The molecule has 0 aromatic carbocycles. The fourth-order valence-corrected chi connectivity index (χ4v) is 2.61. The summed E-state index contributed by atoms with van der Waals surface area (Å²) in [5.74, 6) is 2.84. The molecular formula is C10H20. The van der Waals surface area contributed by atoms with Crippen molar-refractivity contribution in [2.75, 3.05) is 0 Å². The zero-order valence-corrected chi connectivity index (χ0v) is 7.94. The molecule has 1 rings (SSSR count). The smallest absolute Gasteiger partial charge is 0.0243 e. The maximum Gasteiger partial charge on any atom is -0.0243 e. The van der Waals surface area contributed by atoms with Crippen LogP contribution in [0.15, 0.2) is 0 Å². The molecule has 0 aromatic heterocycles. The lowest BCUT2D eigenvalue weighted by molar-refractivity contribution is 0.339. The first-order chi connectivity index (χ1) is 4.55. The van der Waals surface area contributed by atoms with Crippen LogP contribution in [0.3, 0.4) is 0 Å². The largest absolute Gasteiger partial charge is 0.0651 e. The topological polar surface area (TPSA) is 0 Å². The third kappa shape index (κ3) is 0.810. The van der Waals surface area contributed by atoms with Crippen molar-refractivity contribution in [3.63, 3.8) is 0 Å². The van der Waals surface area contributed by atoms with Gasteiger partial charge < -0.3 is 0 Å². The molecule has 1 aliphatic rings. The average molecular weight is 140 g/mol. The summed E-state index contributed by atoms with van der Waals surface area (Å²) < 4.78 is 0. The van der Waals surface area contributed by atoms with Crippen molar-refractivity contribution >= 4 is 0 Å². The molecule has 60 valence electrons. The van der Waals surface area contributed by atoms with E-state index in [9.17, 15) is 0 Å². The van der Waals surface area contributed by atoms with Gasteiger partial charge in [0.15, 0.2) is 0 Å². The zero-order valence-electron chi connectivity index (χ0n) is 7.94. The molecule has 0 bridgehead atoms. The van der Waals surface area contributed by atoms with Gasteiger partial charge in [0.25, 0.3) is 0 Å². The van der Waals surface area contributed by atoms with Gasteiger partial charge in [0.05, 0.1) is 0 Å². The monoisotopic (exact) mass is 140 g/mol. The first-order valence-corrected chi connectivity index (χ1v) is 4.55. The highest BCUT2D eigenvalue weighted by Gasteiger charge is 2.58. The van der Waals surface area contributed by atoms with E-state index in [0.29, 0.717) is 5.41 Å². The second kappa shape index (κ2) is 2.25. The Hall–Kier alpha value is 0. The molecule has 0 aliphatic heterocycles. The summed E-state index contributed by atoms with van der Waals surface area (Å²) in [6.45, 7) is 11.9. The van der Waals surface area contributed by atoms with Crippen LogP contribution in [0.5, 0.6) is 0 Å². The van der Waals surface area contributed by atoms with Crippen LogP contribution in [0.1, 0.15) is 41.0 Å². The van der Waals surface area contributed by atoms with Crippen LogP contribution in [-0.2, 0) is 0 Å². The molecule has 1 fully saturated rings. The van der Waals surface area contributed by atoms with E-state index in [2.05, 4.69) is 34.6 Å². The van der Waals surface area contributed by atoms with Crippen molar-refractivity contribution in [2.45, 2.75) is 41.0 Å². The van der Waals surface area contributed by atoms with Gasteiger partial charge in [-0.05, 0) is 23.2 Å². The van der Waals surface area contributed by atoms with Crippen LogP contribution < -0.4 is 0 Å². The molecule has 0 nitrogen and oxygen atoms in total. The Morgan fingerprint density at radius 3 is 2.00 bits per heavy atom. The lowest BCUT2D eigenvalue weighted by Gasteiger charge is -2.15. The zero-order chi connectivity index (χ0) is 7.94. The summed E-state index contributed by atoms with van der Waals surface area (Å²) in [7, 11) is 0. The molecule has 0 heterocycles. The average Bonchev–Trinajstić information content (AvgIpc) is 2.38. The molecule has 0 N–H and O–H groups in total. The highest BCUT2D eigenvalue weighted by molar-refractivity contribution is 5.06. The van der Waals surface area contributed by atoms with E-state index in [0.717, 1.165) is 17.8 Å². The van der Waals surface area contributed by atoms with Gasteiger partial charge in [-0.2, -0.15) is 0 Å². The first kappa shape index (κ1) is 8.10. The molecule has 0 amide bonds. The molecule has 3 unspecified atom stereocenters. The summed E-state index contributed by atoms with van der Waals surface area (Å²) >= 11 is 0. The van der Waals surface area contributed by atoms with Gasteiger partial charge in [-0.3, -0.25) is 0 Å². The van der Waals surface area contributed by atoms with Gasteiger partial charge in [-0.25, -0.2) is 0 Å². The van der Waals surface area contributed by atoms with Crippen molar-refractivity contribution in [1.82, 2.24) is 0 Å². The fourth-order valence-electron chi connectivity index (χ4n) is 2.61. The quantitative estimate of drug-likeness (QED) is 0.552. The highest BCUT2D eigenvalue weighted by atomic mass is 14.6. The van der Waals surface area contributed by atoms with Crippen LogP contribution in [0.2, 0.25) is 0 Å². The normalized spacial score (nSPS) is 46.2. The molecule has 0 radical (unpaired) electrons. The SMILES string of the molecule is CCC1C(C)C1(C)C(C)C. The predicted octanol–water partition coefficient (Wildman–Crippen LogP) is 3.32. The Balaban J connectivity index is 2.58. The Morgan fingerprint density at radius 1 is 1.40 bits per heavy atom. The molecular weight excluding hydrogens is 120 g/mol. The Kier molecular flexibility index (Phi) is 1.82. The van der Waals surface area contributed by atoms with Crippen molar-refractivity contribution in [1.29, 1.82) is 0 Å². The molecule has 3 atom stereocenters. The van der Waals surface area contributed by atoms with E-state index in [1.165, 1.54) is 6.42 Å². The summed E-state index contributed by atoms with van der Waals surface area (Å²) in [6.07, 6.45) is 1.37. The van der Waals surface area contributed by atoms with Crippen molar-refractivity contribution < 1.29 is 0 Å².